The van der Waals surface area contributed by atoms with Crippen molar-refractivity contribution in [2.75, 3.05) is 0 Å². The van der Waals surface area contributed by atoms with Gasteiger partial charge in [-0.25, -0.2) is 0 Å². The van der Waals surface area contributed by atoms with Gasteiger partial charge in [-0.05, 0) is 31.6 Å². The number of carboxylic acid groups (broad SMARTS) is 1. The van der Waals surface area contributed by atoms with E-state index in [4.69, 9.17) is 5.11 Å². The highest BCUT2D eigenvalue weighted by atomic mass is 16.4. The smallest absolute Gasteiger partial charge is 0.309 e. The molecule has 4 nitrogen and oxygen atoms in total. The Labute approximate surface area is 107 Å². The van der Waals surface area contributed by atoms with Crippen molar-refractivity contribution in [3.63, 3.8) is 0 Å². The van der Waals surface area contributed by atoms with E-state index < -0.39 is 5.97 Å². The van der Waals surface area contributed by atoms with Crippen LogP contribution in [0.4, 0.5) is 0 Å². The zero-order chi connectivity index (χ0) is 12.5. The zero-order valence-electron chi connectivity index (χ0n) is 10.7. The standard InChI is InChI=1S/C14H20N2O2/c17-13(18)9-11-14(10-5-2-1-3-6-10)12-7-4-8-16(12)15-11/h10H,1-9H2,(H,17,18). The molecular weight excluding hydrogens is 228 g/mol. The van der Waals surface area contributed by atoms with Gasteiger partial charge >= 0.3 is 5.97 Å². The van der Waals surface area contributed by atoms with Crippen LogP contribution in [0.2, 0.25) is 0 Å². The lowest BCUT2D eigenvalue weighted by Gasteiger charge is -2.22. The van der Waals surface area contributed by atoms with E-state index in [1.54, 1.807) is 0 Å². The Morgan fingerprint density at radius 1 is 1.28 bits per heavy atom. The Balaban J connectivity index is 1.95. The molecule has 1 aromatic rings. The molecule has 0 bridgehead atoms. The molecule has 0 radical (unpaired) electrons. The fourth-order valence-corrected chi connectivity index (χ4v) is 3.55. The number of aromatic nitrogens is 2. The minimum atomic E-state index is -0.760. The first-order valence-corrected chi connectivity index (χ1v) is 7.06. The van der Waals surface area contributed by atoms with Crippen molar-refractivity contribution in [3.8, 4) is 0 Å². The van der Waals surface area contributed by atoms with Gasteiger partial charge in [0.25, 0.3) is 0 Å². The summed E-state index contributed by atoms with van der Waals surface area (Å²) in [7, 11) is 0. The summed E-state index contributed by atoms with van der Waals surface area (Å²) < 4.78 is 2.06. The highest BCUT2D eigenvalue weighted by Crippen LogP contribution is 2.38. The van der Waals surface area contributed by atoms with Crippen LogP contribution in [0.3, 0.4) is 0 Å². The van der Waals surface area contributed by atoms with Crippen LogP contribution in [0.15, 0.2) is 0 Å². The fourth-order valence-electron chi connectivity index (χ4n) is 3.55. The fraction of sp³-hybridized carbons (Fsp3) is 0.714. The van der Waals surface area contributed by atoms with Crippen LogP contribution in [0.5, 0.6) is 0 Å². The van der Waals surface area contributed by atoms with Gasteiger partial charge in [0.05, 0.1) is 12.1 Å². The molecule has 1 aromatic heterocycles. The van der Waals surface area contributed by atoms with Gasteiger partial charge in [-0.1, -0.05) is 19.3 Å². The second-order valence-electron chi connectivity index (χ2n) is 5.54. The van der Waals surface area contributed by atoms with Gasteiger partial charge in [0.1, 0.15) is 0 Å². The average Bonchev–Trinajstić information content (AvgIpc) is 2.89. The third-order valence-electron chi connectivity index (χ3n) is 4.29. The zero-order valence-corrected chi connectivity index (χ0v) is 10.7. The first-order chi connectivity index (χ1) is 8.75. The minimum absolute atomic E-state index is 0.0891. The number of rotatable bonds is 3. The summed E-state index contributed by atoms with van der Waals surface area (Å²) in [6, 6.07) is 0. The maximum atomic E-state index is 11.0. The highest BCUT2D eigenvalue weighted by molar-refractivity contribution is 5.70. The van der Waals surface area contributed by atoms with Gasteiger partial charge in [0, 0.05) is 17.8 Å². The highest BCUT2D eigenvalue weighted by Gasteiger charge is 2.28. The molecule has 1 fully saturated rings. The maximum Gasteiger partial charge on any atom is 0.309 e. The lowest BCUT2D eigenvalue weighted by Crippen LogP contribution is -2.10. The van der Waals surface area contributed by atoms with E-state index in [1.165, 1.54) is 43.4 Å². The van der Waals surface area contributed by atoms with Gasteiger partial charge < -0.3 is 5.11 Å². The first kappa shape index (κ1) is 11.8. The van der Waals surface area contributed by atoms with Crippen molar-refractivity contribution >= 4 is 5.97 Å². The summed E-state index contributed by atoms with van der Waals surface area (Å²) in [4.78, 5) is 11.0. The number of aryl methyl sites for hydroxylation is 1. The van der Waals surface area contributed by atoms with Gasteiger partial charge in [-0.15, -0.1) is 0 Å². The Kier molecular flexibility index (Phi) is 3.10. The van der Waals surface area contributed by atoms with E-state index in [0.717, 1.165) is 25.1 Å². The lowest BCUT2D eigenvalue weighted by atomic mass is 9.82. The molecule has 3 rings (SSSR count). The lowest BCUT2D eigenvalue weighted by molar-refractivity contribution is -0.136. The first-order valence-electron chi connectivity index (χ1n) is 7.06. The second kappa shape index (κ2) is 4.75. The number of carbonyl (C=O) groups is 1. The van der Waals surface area contributed by atoms with Crippen LogP contribution in [0, 0.1) is 0 Å². The molecule has 1 N–H and O–H groups in total. The van der Waals surface area contributed by atoms with Gasteiger partial charge in [0.2, 0.25) is 0 Å². The number of hydrogen-bond donors (Lipinski definition) is 1. The van der Waals surface area contributed by atoms with Crippen LogP contribution in [-0.4, -0.2) is 20.9 Å². The van der Waals surface area contributed by atoms with Gasteiger partial charge in [0.15, 0.2) is 0 Å². The Hall–Kier alpha value is -1.32. The van der Waals surface area contributed by atoms with E-state index in [1.807, 2.05) is 0 Å². The van der Waals surface area contributed by atoms with Crippen molar-refractivity contribution in [2.24, 2.45) is 0 Å². The van der Waals surface area contributed by atoms with Crippen LogP contribution < -0.4 is 0 Å². The molecule has 0 amide bonds. The Bertz CT molecular complexity index is 459. The predicted octanol–water partition coefficient (Wildman–Crippen LogP) is 2.50. The van der Waals surface area contributed by atoms with Crippen molar-refractivity contribution in [1.82, 2.24) is 9.78 Å². The van der Waals surface area contributed by atoms with E-state index in [0.29, 0.717) is 5.92 Å². The van der Waals surface area contributed by atoms with Crippen LogP contribution in [-0.2, 0) is 24.2 Å². The summed E-state index contributed by atoms with van der Waals surface area (Å²) in [5.74, 6) is -0.196. The van der Waals surface area contributed by atoms with E-state index in [2.05, 4.69) is 9.78 Å². The molecule has 2 heterocycles. The number of carboxylic acids is 1. The number of fused-ring (bicyclic) bond motifs is 1. The monoisotopic (exact) mass is 248 g/mol. The number of hydrogen-bond acceptors (Lipinski definition) is 2. The summed E-state index contributed by atoms with van der Waals surface area (Å²) >= 11 is 0. The van der Waals surface area contributed by atoms with Crippen molar-refractivity contribution in [2.45, 2.75) is 63.8 Å². The summed E-state index contributed by atoms with van der Waals surface area (Å²) in [6.45, 7) is 0.967. The Morgan fingerprint density at radius 2 is 2.06 bits per heavy atom. The summed E-state index contributed by atoms with van der Waals surface area (Å²) in [5.41, 5.74) is 3.47. The molecular formula is C14H20N2O2. The SMILES string of the molecule is O=C(O)Cc1nn2c(c1C1CCCCC1)CCC2. The predicted molar refractivity (Wildman–Crippen MR) is 67.7 cm³/mol. The van der Waals surface area contributed by atoms with Crippen molar-refractivity contribution < 1.29 is 9.90 Å². The molecule has 0 atom stereocenters. The van der Waals surface area contributed by atoms with Gasteiger partial charge in [-0.3, -0.25) is 9.48 Å². The molecule has 18 heavy (non-hydrogen) atoms. The van der Waals surface area contributed by atoms with Crippen LogP contribution >= 0.6 is 0 Å². The minimum Gasteiger partial charge on any atom is -0.481 e. The van der Waals surface area contributed by atoms with E-state index in [9.17, 15) is 4.79 Å². The molecule has 2 aliphatic rings. The van der Waals surface area contributed by atoms with Gasteiger partial charge in [-0.2, -0.15) is 5.10 Å². The molecule has 0 saturated heterocycles. The topological polar surface area (TPSA) is 55.1 Å². The Morgan fingerprint density at radius 3 is 2.78 bits per heavy atom. The van der Waals surface area contributed by atoms with E-state index in [-0.39, 0.29) is 6.42 Å². The molecule has 1 saturated carbocycles. The quantitative estimate of drug-likeness (QED) is 0.894. The number of nitrogens with zero attached hydrogens (tertiary/aromatic N) is 2. The summed E-state index contributed by atoms with van der Waals surface area (Å²) in [6.07, 6.45) is 8.65. The van der Waals surface area contributed by atoms with E-state index >= 15 is 0 Å². The maximum absolute atomic E-state index is 11.0. The van der Waals surface area contributed by atoms with Crippen LogP contribution in [0.1, 0.15) is 61.4 Å². The normalized spacial score (nSPS) is 20.0. The summed E-state index contributed by atoms with van der Waals surface area (Å²) in [5, 5.41) is 13.6. The third kappa shape index (κ3) is 2.04. The molecule has 0 spiro atoms. The molecule has 4 heteroatoms. The third-order valence-corrected chi connectivity index (χ3v) is 4.29. The largest absolute Gasteiger partial charge is 0.481 e. The van der Waals surface area contributed by atoms with Crippen molar-refractivity contribution in [1.29, 1.82) is 0 Å². The molecule has 0 aromatic carbocycles. The van der Waals surface area contributed by atoms with Crippen molar-refractivity contribution in [3.05, 3.63) is 17.0 Å². The molecule has 0 unspecified atom stereocenters. The second-order valence-corrected chi connectivity index (χ2v) is 5.54. The number of aliphatic carboxylic acids is 1. The molecule has 1 aliphatic carbocycles. The van der Waals surface area contributed by atoms with Crippen LogP contribution in [0.25, 0.3) is 0 Å². The molecule has 98 valence electrons. The average molecular weight is 248 g/mol. The molecule has 1 aliphatic heterocycles.